The van der Waals surface area contributed by atoms with E-state index in [1.165, 1.54) is 18.2 Å². The van der Waals surface area contributed by atoms with E-state index in [2.05, 4.69) is 4.98 Å². The van der Waals surface area contributed by atoms with Crippen molar-refractivity contribution in [3.8, 4) is 0 Å². The molecule has 0 aliphatic carbocycles. The van der Waals surface area contributed by atoms with Gasteiger partial charge in [-0.25, -0.2) is 4.90 Å². The summed E-state index contributed by atoms with van der Waals surface area (Å²) in [7, 11) is 0. The minimum Gasteiger partial charge on any atom is -0.423 e. The molecular formula is C18H10ClN3O5. The van der Waals surface area contributed by atoms with Crippen molar-refractivity contribution in [3.63, 3.8) is 0 Å². The van der Waals surface area contributed by atoms with Gasteiger partial charge in [0.1, 0.15) is 5.52 Å². The average Bonchev–Trinajstić information content (AvgIpc) is 3.05. The highest BCUT2D eigenvalue weighted by atomic mass is 35.5. The number of amides is 4. The Labute approximate surface area is 156 Å². The van der Waals surface area contributed by atoms with Gasteiger partial charge in [-0.05, 0) is 42.8 Å². The van der Waals surface area contributed by atoms with Crippen LogP contribution in [-0.4, -0.2) is 28.6 Å². The topological polar surface area (TPSA) is 101 Å². The number of anilines is 2. The second-order valence-corrected chi connectivity index (χ2v) is 6.22. The number of hydrogen-bond donors (Lipinski definition) is 0. The van der Waals surface area contributed by atoms with E-state index >= 15 is 0 Å². The zero-order valence-electron chi connectivity index (χ0n) is 13.8. The van der Waals surface area contributed by atoms with Gasteiger partial charge < -0.3 is 4.42 Å². The summed E-state index contributed by atoms with van der Waals surface area (Å²) in [5, 5.41) is 0.388. The quantitative estimate of drug-likeness (QED) is 0.497. The largest absolute Gasteiger partial charge is 0.423 e. The summed E-state index contributed by atoms with van der Waals surface area (Å²) in [5.74, 6) is -4.85. The molecule has 0 saturated carbocycles. The lowest BCUT2D eigenvalue weighted by Crippen LogP contribution is -2.61. The van der Waals surface area contributed by atoms with Gasteiger partial charge in [0.05, 0.1) is 5.69 Å². The number of nitrogens with zero attached hydrogens (tertiary/aromatic N) is 3. The maximum atomic E-state index is 12.6. The molecule has 1 aliphatic heterocycles. The number of aryl methyl sites for hydroxylation is 1. The lowest BCUT2D eigenvalue weighted by Gasteiger charge is -2.29. The molecule has 9 heteroatoms. The normalized spacial score (nSPS) is 15.2. The zero-order chi connectivity index (χ0) is 19.3. The molecule has 27 heavy (non-hydrogen) atoms. The molecule has 4 rings (SSSR count). The van der Waals surface area contributed by atoms with Crippen molar-refractivity contribution in [2.75, 3.05) is 9.80 Å². The number of benzene rings is 2. The Morgan fingerprint density at radius 1 is 0.889 bits per heavy atom. The maximum absolute atomic E-state index is 12.6. The van der Waals surface area contributed by atoms with Crippen LogP contribution >= 0.6 is 11.6 Å². The highest BCUT2D eigenvalue weighted by Crippen LogP contribution is 2.29. The van der Waals surface area contributed by atoms with Crippen LogP contribution in [0.1, 0.15) is 5.56 Å². The second-order valence-electron chi connectivity index (χ2n) is 5.79. The fourth-order valence-electron chi connectivity index (χ4n) is 2.79. The number of hydrogen-bond acceptors (Lipinski definition) is 6. The Morgan fingerprint density at radius 2 is 1.52 bits per heavy atom. The molecule has 0 spiro atoms. The average molecular weight is 384 g/mol. The van der Waals surface area contributed by atoms with Crippen LogP contribution in [0.2, 0.25) is 5.02 Å². The summed E-state index contributed by atoms with van der Waals surface area (Å²) in [4.78, 5) is 55.2. The van der Waals surface area contributed by atoms with Crippen LogP contribution in [0.4, 0.5) is 11.7 Å². The number of imide groups is 2. The number of rotatable bonds is 2. The van der Waals surface area contributed by atoms with E-state index in [9.17, 15) is 19.2 Å². The first-order valence-electron chi connectivity index (χ1n) is 7.77. The van der Waals surface area contributed by atoms with Gasteiger partial charge in [0.25, 0.3) is 0 Å². The van der Waals surface area contributed by atoms with Gasteiger partial charge in [-0.3, -0.25) is 19.2 Å². The lowest BCUT2D eigenvalue weighted by molar-refractivity contribution is -0.147. The Hall–Kier alpha value is -3.52. The van der Waals surface area contributed by atoms with Crippen LogP contribution in [0.25, 0.3) is 11.1 Å². The molecule has 0 unspecified atom stereocenters. The molecule has 134 valence electrons. The maximum Gasteiger partial charge on any atom is 0.328 e. The van der Waals surface area contributed by atoms with Gasteiger partial charge >= 0.3 is 29.6 Å². The van der Waals surface area contributed by atoms with E-state index in [0.717, 1.165) is 0 Å². The third-order valence-electron chi connectivity index (χ3n) is 4.05. The minimum atomic E-state index is -1.24. The molecule has 1 saturated heterocycles. The number of halogens is 1. The summed E-state index contributed by atoms with van der Waals surface area (Å²) >= 11 is 5.88. The van der Waals surface area contributed by atoms with E-state index in [-0.39, 0.29) is 5.69 Å². The number of para-hydroxylation sites is 2. The monoisotopic (exact) mass is 383 g/mol. The molecule has 4 amide bonds. The fraction of sp³-hybridized carbons (Fsp3) is 0.0556. The van der Waals surface area contributed by atoms with Gasteiger partial charge in [-0.15, -0.1) is 0 Å². The summed E-state index contributed by atoms with van der Waals surface area (Å²) < 4.78 is 5.36. The van der Waals surface area contributed by atoms with Gasteiger partial charge in [-0.2, -0.15) is 9.88 Å². The van der Waals surface area contributed by atoms with Crippen LogP contribution in [0.5, 0.6) is 0 Å². The van der Waals surface area contributed by atoms with Crippen LogP contribution in [-0.2, 0) is 19.2 Å². The first kappa shape index (κ1) is 16.9. The summed E-state index contributed by atoms with van der Waals surface area (Å²) in [6, 6.07) is 10.5. The molecule has 1 aromatic heterocycles. The van der Waals surface area contributed by atoms with E-state index < -0.39 is 29.6 Å². The van der Waals surface area contributed by atoms with Crippen molar-refractivity contribution in [3.05, 3.63) is 53.1 Å². The summed E-state index contributed by atoms with van der Waals surface area (Å²) in [6.07, 6.45) is 0. The Morgan fingerprint density at radius 3 is 2.15 bits per heavy atom. The molecule has 3 aromatic rings. The van der Waals surface area contributed by atoms with Crippen molar-refractivity contribution in [1.29, 1.82) is 0 Å². The minimum absolute atomic E-state index is 0.105. The Bertz CT molecular complexity index is 1090. The molecule has 0 bridgehead atoms. The molecule has 8 nitrogen and oxygen atoms in total. The first-order valence-corrected chi connectivity index (χ1v) is 8.15. The van der Waals surface area contributed by atoms with Gasteiger partial charge in [0.15, 0.2) is 5.58 Å². The van der Waals surface area contributed by atoms with Crippen LogP contribution < -0.4 is 9.80 Å². The first-order chi connectivity index (χ1) is 12.9. The molecule has 1 fully saturated rings. The molecule has 2 aromatic carbocycles. The van der Waals surface area contributed by atoms with Crippen molar-refractivity contribution in [1.82, 2.24) is 4.98 Å². The summed E-state index contributed by atoms with van der Waals surface area (Å²) in [5.41, 5.74) is 1.25. The van der Waals surface area contributed by atoms with Crippen molar-refractivity contribution >= 4 is 58.0 Å². The summed E-state index contributed by atoms with van der Waals surface area (Å²) in [6.45, 7) is 1.60. The number of fused-ring (bicyclic) bond motifs is 1. The molecule has 0 atom stereocenters. The van der Waals surface area contributed by atoms with Gasteiger partial charge in [0.2, 0.25) is 0 Å². The molecule has 1 aliphatic rings. The molecule has 0 N–H and O–H groups in total. The van der Waals surface area contributed by atoms with Crippen LogP contribution in [0, 0.1) is 6.92 Å². The predicted molar refractivity (Wildman–Crippen MR) is 95.2 cm³/mol. The number of oxazole rings is 1. The smallest absolute Gasteiger partial charge is 0.328 e. The third kappa shape index (κ3) is 2.58. The predicted octanol–water partition coefficient (Wildman–Crippen LogP) is 2.22. The third-order valence-corrected chi connectivity index (χ3v) is 4.29. The van der Waals surface area contributed by atoms with E-state index in [1.54, 1.807) is 31.2 Å². The SMILES string of the molecule is Cc1cc(Cl)ccc1N1C(=O)C(=O)N(c2nc3ccccc3o2)C(=O)C1=O. The number of carbonyl (C=O) groups is 4. The van der Waals surface area contributed by atoms with Crippen molar-refractivity contribution in [2.24, 2.45) is 0 Å². The molecular weight excluding hydrogens is 374 g/mol. The van der Waals surface area contributed by atoms with Gasteiger partial charge in [0, 0.05) is 5.02 Å². The number of aromatic nitrogens is 1. The Balaban J connectivity index is 1.77. The van der Waals surface area contributed by atoms with Crippen LogP contribution in [0.3, 0.4) is 0 Å². The standard InChI is InChI=1S/C18H10ClN3O5/c1-9-8-10(19)6-7-12(9)21-14(23)16(25)22(17(26)15(21)24)18-20-11-4-2-3-5-13(11)27-18/h2-8H,1H3. The number of carbonyl (C=O) groups excluding carboxylic acids is 4. The number of piperazine rings is 1. The highest BCUT2D eigenvalue weighted by Gasteiger charge is 2.48. The van der Waals surface area contributed by atoms with Crippen molar-refractivity contribution in [2.45, 2.75) is 6.92 Å². The van der Waals surface area contributed by atoms with Crippen molar-refractivity contribution < 1.29 is 23.6 Å². The fourth-order valence-corrected chi connectivity index (χ4v) is 3.01. The van der Waals surface area contributed by atoms with E-state index in [1.807, 2.05) is 0 Å². The van der Waals surface area contributed by atoms with Crippen LogP contribution in [0.15, 0.2) is 46.9 Å². The molecule has 0 radical (unpaired) electrons. The van der Waals surface area contributed by atoms with Gasteiger partial charge in [-0.1, -0.05) is 23.7 Å². The zero-order valence-corrected chi connectivity index (χ0v) is 14.6. The lowest BCUT2D eigenvalue weighted by atomic mass is 10.1. The second kappa shape index (κ2) is 6.03. The van der Waals surface area contributed by atoms with E-state index in [4.69, 9.17) is 16.0 Å². The molecule has 2 heterocycles. The van der Waals surface area contributed by atoms with E-state index in [0.29, 0.717) is 31.5 Å². The highest BCUT2D eigenvalue weighted by molar-refractivity contribution is 6.68. The Kier molecular flexibility index (Phi) is 3.78.